The summed E-state index contributed by atoms with van der Waals surface area (Å²) >= 11 is 0. The molecule has 2 heterocycles. The third kappa shape index (κ3) is 4.44. The van der Waals surface area contributed by atoms with E-state index in [2.05, 4.69) is 17.1 Å². The fourth-order valence-corrected chi connectivity index (χ4v) is 2.77. The minimum atomic E-state index is -0.157. The number of amides is 1. The van der Waals surface area contributed by atoms with Crippen molar-refractivity contribution in [3.05, 3.63) is 0 Å². The Morgan fingerprint density at radius 1 is 1.37 bits per heavy atom. The third-order valence-electron chi connectivity index (χ3n) is 4.29. The number of rotatable bonds is 5. The third-order valence-corrected chi connectivity index (χ3v) is 4.29. The van der Waals surface area contributed by atoms with Gasteiger partial charge in [0.25, 0.3) is 0 Å². The lowest BCUT2D eigenvalue weighted by Crippen LogP contribution is -2.42. The number of likely N-dealkylation sites (tertiary alicyclic amines) is 1. The van der Waals surface area contributed by atoms with Crippen LogP contribution in [0.25, 0.3) is 0 Å². The molecule has 110 valence electrons. The zero-order chi connectivity index (χ0) is 13.7. The summed E-state index contributed by atoms with van der Waals surface area (Å²) in [7, 11) is 0. The van der Waals surface area contributed by atoms with Crippen molar-refractivity contribution in [2.75, 3.05) is 39.4 Å². The van der Waals surface area contributed by atoms with Crippen molar-refractivity contribution in [2.45, 2.75) is 32.2 Å². The topological polar surface area (TPSA) is 67.6 Å². The number of piperidine rings is 1. The van der Waals surface area contributed by atoms with Crippen LogP contribution in [0.1, 0.15) is 26.2 Å². The molecule has 5 heteroatoms. The van der Waals surface area contributed by atoms with Gasteiger partial charge in [-0.15, -0.1) is 0 Å². The predicted octanol–water partition coefficient (Wildman–Crippen LogP) is 0.198. The molecule has 2 saturated heterocycles. The van der Waals surface area contributed by atoms with E-state index >= 15 is 0 Å². The van der Waals surface area contributed by atoms with Crippen molar-refractivity contribution in [3.8, 4) is 0 Å². The number of carbonyl (C=O) groups is 1. The Bertz CT molecular complexity index is 290. The first-order chi connectivity index (χ1) is 9.16. The van der Waals surface area contributed by atoms with E-state index < -0.39 is 0 Å². The van der Waals surface area contributed by atoms with Crippen molar-refractivity contribution < 1.29 is 9.53 Å². The van der Waals surface area contributed by atoms with Gasteiger partial charge in [-0.3, -0.25) is 4.79 Å². The maximum absolute atomic E-state index is 11.9. The lowest BCUT2D eigenvalue weighted by atomic mass is 9.99. The Kier molecular flexibility index (Phi) is 5.60. The van der Waals surface area contributed by atoms with Gasteiger partial charge in [0.1, 0.15) is 0 Å². The number of nitrogens with zero attached hydrogens (tertiary/aromatic N) is 1. The largest absolute Gasteiger partial charge is 0.379 e. The molecule has 2 fully saturated rings. The van der Waals surface area contributed by atoms with Crippen LogP contribution in [0.15, 0.2) is 0 Å². The lowest BCUT2D eigenvalue weighted by molar-refractivity contribution is -0.125. The second-order valence-electron chi connectivity index (χ2n) is 5.98. The molecule has 2 rings (SSSR count). The second kappa shape index (κ2) is 7.22. The molecule has 5 nitrogen and oxygen atoms in total. The van der Waals surface area contributed by atoms with Crippen LogP contribution in [0, 0.1) is 11.8 Å². The Hall–Kier alpha value is -0.650. The van der Waals surface area contributed by atoms with E-state index in [-0.39, 0.29) is 17.9 Å². The van der Waals surface area contributed by atoms with Crippen LogP contribution in [0.2, 0.25) is 0 Å². The highest BCUT2D eigenvalue weighted by atomic mass is 16.5. The monoisotopic (exact) mass is 269 g/mol. The Morgan fingerprint density at radius 2 is 2.11 bits per heavy atom. The molecule has 2 atom stereocenters. The highest BCUT2D eigenvalue weighted by Crippen LogP contribution is 2.15. The van der Waals surface area contributed by atoms with Gasteiger partial charge in [-0.1, -0.05) is 6.92 Å². The summed E-state index contributed by atoms with van der Waals surface area (Å²) < 4.78 is 5.21. The zero-order valence-electron chi connectivity index (χ0n) is 11.9. The molecule has 0 spiro atoms. The van der Waals surface area contributed by atoms with Crippen molar-refractivity contribution in [2.24, 2.45) is 17.6 Å². The molecule has 19 heavy (non-hydrogen) atoms. The molecular weight excluding hydrogens is 242 g/mol. The molecule has 2 aliphatic heterocycles. The normalized spacial score (nSPS) is 29.6. The minimum Gasteiger partial charge on any atom is -0.379 e. The molecule has 0 aromatic carbocycles. The van der Waals surface area contributed by atoms with Gasteiger partial charge >= 0.3 is 0 Å². The van der Waals surface area contributed by atoms with Gasteiger partial charge in [0.05, 0.1) is 19.1 Å². The molecule has 0 aromatic rings. The number of nitrogens with one attached hydrogen (secondary N) is 1. The molecule has 0 radical (unpaired) electrons. The smallest absolute Gasteiger partial charge is 0.227 e. The van der Waals surface area contributed by atoms with Gasteiger partial charge in [-0.25, -0.2) is 0 Å². The van der Waals surface area contributed by atoms with Crippen molar-refractivity contribution >= 4 is 5.91 Å². The van der Waals surface area contributed by atoms with Gasteiger partial charge in [0, 0.05) is 12.6 Å². The van der Waals surface area contributed by atoms with Gasteiger partial charge in [0.2, 0.25) is 5.91 Å². The molecule has 2 aliphatic rings. The minimum absolute atomic E-state index is 0.0530. The second-order valence-corrected chi connectivity index (χ2v) is 5.98. The van der Waals surface area contributed by atoms with E-state index in [4.69, 9.17) is 10.5 Å². The number of ether oxygens (including phenoxy) is 1. The molecule has 0 saturated carbocycles. The molecule has 0 aromatic heterocycles. The quantitative estimate of drug-likeness (QED) is 0.700. The maximum atomic E-state index is 11.9. The van der Waals surface area contributed by atoms with E-state index in [0.717, 1.165) is 25.4 Å². The molecule has 0 bridgehead atoms. The van der Waals surface area contributed by atoms with Gasteiger partial charge < -0.3 is 20.7 Å². The molecule has 1 amide bonds. The first-order valence-electron chi connectivity index (χ1n) is 7.50. The van der Waals surface area contributed by atoms with E-state index in [1.807, 2.05) is 0 Å². The summed E-state index contributed by atoms with van der Waals surface area (Å²) in [6.07, 6.45) is 3.63. The average Bonchev–Trinajstić information content (AvgIpc) is 2.83. The van der Waals surface area contributed by atoms with Crippen LogP contribution in [0.3, 0.4) is 0 Å². The van der Waals surface area contributed by atoms with E-state index in [9.17, 15) is 4.79 Å². The van der Waals surface area contributed by atoms with Gasteiger partial charge in [-0.2, -0.15) is 0 Å². The van der Waals surface area contributed by atoms with E-state index in [0.29, 0.717) is 13.2 Å². The fourth-order valence-electron chi connectivity index (χ4n) is 2.77. The van der Waals surface area contributed by atoms with E-state index in [1.165, 1.54) is 25.9 Å². The van der Waals surface area contributed by atoms with Gasteiger partial charge in [0.15, 0.2) is 0 Å². The van der Waals surface area contributed by atoms with Crippen LogP contribution in [-0.2, 0) is 9.53 Å². The summed E-state index contributed by atoms with van der Waals surface area (Å²) in [6.45, 7) is 7.53. The van der Waals surface area contributed by atoms with Crippen molar-refractivity contribution in [1.29, 1.82) is 0 Å². The lowest BCUT2D eigenvalue weighted by Gasteiger charge is -2.30. The summed E-state index contributed by atoms with van der Waals surface area (Å²) in [5, 5.41) is 2.98. The molecule has 3 N–H and O–H groups in total. The highest BCUT2D eigenvalue weighted by Gasteiger charge is 2.30. The number of hydrogen-bond donors (Lipinski definition) is 2. The first-order valence-corrected chi connectivity index (χ1v) is 7.50. The van der Waals surface area contributed by atoms with Crippen LogP contribution in [-0.4, -0.2) is 56.2 Å². The summed E-state index contributed by atoms with van der Waals surface area (Å²) in [5.74, 6) is 0.771. The highest BCUT2D eigenvalue weighted by molar-refractivity contribution is 5.79. The van der Waals surface area contributed by atoms with Crippen LogP contribution in [0.5, 0.6) is 0 Å². The molecule has 2 unspecified atom stereocenters. The number of nitrogens with two attached hydrogens (primary N) is 1. The summed E-state index contributed by atoms with van der Waals surface area (Å²) in [4.78, 5) is 14.4. The van der Waals surface area contributed by atoms with Gasteiger partial charge in [-0.05, 0) is 44.8 Å². The Morgan fingerprint density at radius 3 is 2.74 bits per heavy atom. The standard InChI is InChI=1S/C14H27N3O2/c1-11-3-7-17(8-4-11)6-2-5-16-14(18)12-9-19-10-13(12)15/h11-13H,2-10,15H2,1H3,(H,16,18). The fraction of sp³-hybridized carbons (Fsp3) is 0.929. The predicted molar refractivity (Wildman–Crippen MR) is 74.7 cm³/mol. The maximum Gasteiger partial charge on any atom is 0.227 e. The van der Waals surface area contributed by atoms with Crippen LogP contribution in [0.4, 0.5) is 0 Å². The summed E-state index contributed by atoms with van der Waals surface area (Å²) in [5.41, 5.74) is 5.82. The van der Waals surface area contributed by atoms with Crippen LogP contribution < -0.4 is 11.1 Å². The Balaban J connectivity index is 1.55. The number of carbonyl (C=O) groups excluding carboxylic acids is 1. The first kappa shape index (κ1) is 14.8. The summed E-state index contributed by atoms with van der Waals surface area (Å²) in [6, 6.07) is -0.136. The zero-order valence-corrected chi connectivity index (χ0v) is 11.9. The number of hydrogen-bond acceptors (Lipinski definition) is 4. The average molecular weight is 269 g/mol. The SMILES string of the molecule is CC1CCN(CCCNC(=O)C2COCC2N)CC1. The van der Waals surface area contributed by atoms with Crippen molar-refractivity contribution in [3.63, 3.8) is 0 Å². The van der Waals surface area contributed by atoms with Crippen LogP contribution >= 0.6 is 0 Å². The van der Waals surface area contributed by atoms with E-state index in [1.54, 1.807) is 0 Å². The molecule has 0 aliphatic carbocycles. The Labute approximate surface area is 115 Å². The van der Waals surface area contributed by atoms with Crippen molar-refractivity contribution in [1.82, 2.24) is 10.2 Å². The molecular formula is C14H27N3O2.